The SMILES string of the molecule is COc1cc(Nc2nc(NC3CCCC[C@H]3N)n3nc(C)nc3c2C(N)=O)cc(OC)c1. The number of anilines is 3. The molecule has 3 aromatic rings. The zero-order valence-corrected chi connectivity index (χ0v) is 18.4. The molecule has 0 spiro atoms. The molecule has 1 aliphatic rings. The minimum Gasteiger partial charge on any atom is -0.497 e. The van der Waals surface area contributed by atoms with Crippen molar-refractivity contribution in [1.82, 2.24) is 19.6 Å². The van der Waals surface area contributed by atoms with Crippen molar-refractivity contribution >= 4 is 29.0 Å². The Balaban J connectivity index is 1.82. The average molecular weight is 441 g/mol. The number of aromatic nitrogens is 4. The van der Waals surface area contributed by atoms with Crippen LogP contribution in [0.3, 0.4) is 0 Å². The van der Waals surface area contributed by atoms with Gasteiger partial charge in [-0.3, -0.25) is 4.79 Å². The average Bonchev–Trinajstić information content (AvgIpc) is 3.16. The molecule has 1 unspecified atom stereocenters. The van der Waals surface area contributed by atoms with Crippen LogP contribution in [0.1, 0.15) is 41.9 Å². The van der Waals surface area contributed by atoms with Crippen LogP contribution in [0.25, 0.3) is 5.65 Å². The van der Waals surface area contributed by atoms with Crippen molar-refractivity contribution in [2.24, 2.45) is 11.5 Å². The third-order valence-electron chi connectivity index (χ3n) is 5.59. The lowest BCUT2D eigenvalue weighted by Crippen LogP contribution is -2.43. The van der Waals surface area contributed by atoms with Gasteiger partial charge in [-0.1, -0.05) is 12.8 Å². The normalized spacial score (nSPS) is 18.4. The van der Waals surface area contributed by atoms with Crippen molar-refractivity contribution in [2.45, 2.75) is 44.7 Å². The van der Waals surface area contributed by atoms with E-state index in [9.17, 15) is 4.79 Å². The Morgan fingerprint density at radius 1 is 1.12 bits per heavy atom. The summed E-state index contributed by atoms with van der Waals surface area (Å²) < 4.78 is 12.2. The van der Waals surface area contributed by atoms with Crippen LogP contribution < -0.4 is 31.6 Å². The summed E-state index contributed by atoms with van der Waals surface area (Å²) in [7, 11) is 3.12. The molecule has 1 aromatic carbocycles. The van der Waals surface area contributed by atoms with Crippen molar-refractivity contribution in [3.8, 4) is 11.5 Å². The van der Waals surface area contributed by atoms with E-state index < -0.39 is 5.91 Å². The smallest absolute Gasteiger partial charge is 0.256 e. The van der Waals surface area contributed by atoms with Gasteiger partial charge in [0.05, 0.1) is 14.2 Å². The number of fused-ring (bicyclic) bond motifs is 1. The van der Waals surface area contributed by atoms with Gasteiger partial charge < -0.3 is 31.6 Å². The highest BCUT2D eigenvalue weighted by molar-refractivity contribution is 6.04. The van der Waals surface area contributed by atoms with Gasteiger partial charge in [-0.2, -0.15) is 9.50 Å². The topological polar surface area (TPSA) is 155 Å². The van der Waals surface area contributed by atoms with Crippen LogP contribution in [0.2, 0.25) is 0 Å². The molecule has 2 aromatic heterocycles. The lowest BCUT2D eigenvalue weighted by molar-refractivity contribution is 0.100. The number of nitrogens with one attached hydrogen (secondary N) is 2. The molecule has 170 valence electrons. The second-order valence-electron chi connectivity index (χ2n) is 7.84. The summed E-state index contributed by atoms with van der Waals surface area (Å²) in [5, 5.41) is 11.0. The van der Waals surface area contributed by atoms with Crippen LogP contribution in [0, 0.1) is 6.92 Å². The number of nitrogens with two attached hydrogens (primary N) is 2. The Kier molecular flexibility index (Phi) is 5.99. The second kappa shape index (κ2) is 8.87. The molecule has 1 aliphatic carbocycles. The molecular formula is C21H28N8O3. The van der Waals surface area contributed by atoms with Gasteiger partial charge in [0.2, 0.25) is 5.95 Å². The molecule has 0 saturated heterocycles. The zero-order chi connectivity index (χ0) is 22.8. The Labute approximate surface area is 185 Å². The van der Waals surface area contributed by atoms with E-state index in [1.165, 1.54) is 4.52 Å². The number of methoxy groups -OCH3 is 2. The van der Waals surface area contributed by atoms with Gasteiger partial charge in [0.25, 0.3) is 5.91 Å². The highest BCUT2D eigenvalue weighted by Gasteiger charge is 2.26. The fourth-order valence-corrected chi connectivity index (χ4v) is 3.97. The Bertz CT molecular complexity index is 1120. The number of amides is 1. The molecule has 1 saturated carbocycles. The van der Waals surface area contributed by atoms with Crippen molar-refractivity contribution in [3.63, 3.8) is 0 Å². The van der Waals surface area contributed by atoms with Crippen molar-refractivity contribution in [2.75, 3.05) is 24.9 Å². The number of carbonyl (C=O) groups is 1. The first kappa shape index (κ1) is 21.6. The van der Waals surface area contributed by atoms with E-state index in [4.69, 9.17) is 20.9 Å². The molecule has 0 radical (unpaired) electrons. The number of rotatable bonds is 7. The van der Waals surface area contributed by atoms with Crippen LogP contribution in [-0.2, 0) is 0 Å². The minimum atomic E-state index is -0.673. The molecule has 6 N–H and O–H groups in total. The first-order valence-electron chi connectivity index (χ1n) is 10.5. The van der Waals surface area contributed by atoms with Crippen molar-refractivity contribution in [3.05, 3.63) is 29.6 Å². The summed E-state index contributed by atoms with van der Waals surface area (Å²) >= 11 is 0. The monoisotopic (exact) mass is 440 g/mol. The Morgan fingerprint density at radius 2 is 1.81 bits per heavy atom. The molecule has 2 heterocycles. The lowest BCUT2D eigenvalue weighted by Gasteiger charge is -2.29. The predicted molar refractivity (Wildman–Crippen MR) is 121 cm³/mol. The summed E-state index contributed by atoms with van der Waals surface area (Å²) in [6.45, 7) is 1.74. The van der Waals surface area contributed by atoms with E-state index in [1.807, 2.05) is 0 Å². The van der Waals surface area contributed by atoms with Crippen LogP contribution in [0.5, 0.6) is 11.5 Å². The molecule has 11 heteroatoms. The van der Waals surface area contributed by atoms with Gasteiger partial charge in [0.1, 0.15) is 22.9 Å². The molecule has 1 fully saturated rings. The number of ether oxygens (including phenoxy) is 2. The zero-order valence-electron chi connectivity index (χ0n) is 18.4. The molecule has 0 bridgehead atoms. The summed E-state index contributed by atoms with van der Waals surface area (Å²) in [6.07, 6.45) is 4.05. The second-order valence-corrected chi connectivity index (χ2v) is 7.84. The predicted octanol–water partition coefficient (Wildman–Crippen LogP) is 1.97. The largest absolute Gasteiger partial charge is 0.497 e. The maximum absolute atomic E-state index is 12.4. The molecular weight excluding hydrogens is 412 g/mol. The van der Waals surface area contributed by atoms with E-state index in [1.54, 1.807) is 39.3 Å². The maximum atomic E-state index is 12.4. The van der Waals surface area contributed by atoms with E-state index in [0.717, 1.165) is 25.7 Å². The Morgan fingerprint density at radius 3 is 2.44 bits per heavy atom. The van der Waals surface area contributed by atoms with Gasteiger partial charge in [-0.15, -0.1) is 5.10 Å². The van der Waals surface area contributed by atoms with E-state index in [-0.39, 0.29) is 23.5 Å². The van der Waals surface area contributed by atoms with E-state index in [2.05, 4.69) is 25.7 Å². The summed E-state index contributed by atoms with van der Waals surface area (Å²) in [5.74, 6) is 1.67. The van der Waals surface area contributed by atoms with E-state index >= 15 is 0 Å². The first-order chi connectivity index (χ1) is 15.4. The van der Waals surface area contributed by atoms with Crippen LogP contribution in [-0.4, -0.2) is 51.8 Å². The van der Waals surface area contributed by atoms with Crippen molar-refractivity contribution in [1.29, 1.82) is 0 Å². The third-order valence-corrected chi connectivity index (χ3v) is 5.59. The van der Waals surface area contributed by atoms with Gasteiger partial charge in [-0.05, 0) is 19.8 Å². The highest BCUT2D eigenvalue weighted by atomic mass is 16.5. The standard InChI is InChI=1S/C21H28N8O3/c1-11-24-20-17(18(23)30)19(25-12-8-13(31-2)10-14(9-12)32-3)27-21(29(20)28-11)26-16-7-5-4-6-15(16)22/h8-10,15-16,25H,4-7,22H2,1-3H3,(H2,23,30)(H,26,27)/t15-,16?/m1/s1. The molecule has 11 nitrogen and oxygen atoms in total. The number of primary amides is 1. The lowest BCUT2D eigenvalue weighted by atomic mass is 9.91. The van der Waals surface area contributed by atoms with Gasteiger partial charge in [0, 0.05) is 36.0 Å². The molecule has 32 heavy (non-hydrogen) atoms. The summed E-state index contributed by atoms with van der Waals surface area (Å²) in [6, 6.07) is 5.31. The highest BCUT2D eigenvalue weighted by Crippen LogP contribution is 2.31. The summed E-state index contributed by atoms with van der Waals surface area (Å²) in [4.78, 5) is 21.5. The van der Waals surface area contributed by atoms with Crippen LogP contribution >= 0.6 is 0 Å². The summed E-state index contributed by atoms with van der Waals surface area (Å²) in [5.41, 5.74) is 13.1. The first-order valence-corrected chi connectivity index (χ1v) is 10.5. The number of hydrogen-bond donors (Lipinski definition) is 4. The fraction of sp³-hybridized carbons (Fsp3) is 0.429. The Hall–Kier alpha value is -3.60. The van der Waals surface area contributed by atoms with Crippen LogP contribution in [0.15, 0.2) is 18.2 Å². The van der Waals surface area contributed by atoms with E-state index in [0.29, 0.717) is 34.6 Å². The number of aryl methyl sites for hydroxylation is 1. The third kappa shape index (κ3) is 4.24. The number of nitrogens with zero attached hydrogens (tertiary/aromatic N) is 4. The van der Waals surface area contributed by atoms with Gasteiger partial charge in [-0.25, -0.2) is 4.98 Å². The number of carbonyl (C=O) groups excluding carboxylic acids is 1. The number of benzene rings is 1. The maximum Gasteiger partial charge on any atom is 0.256 e. The van der Waals surface area contributed by atoms with Crippen LogP contribution in [0.4, 0.5) is 17.5 Å². The van der Waals surface area contributed by atoms with Gasteiger partial charge in [0.15, 0.2) is 11.5 Å². The number of hydrogen-bond acceptors (Lipinski definition) is 9. The molecule has 4 rings (SSSR count). The molecule has 1 amide bonds. The minimum absolute atomic E-state index is 0.0000835. The molecule has 2 atom stereocenters. The fourth-order valence-electron chi connectivity index (χ4n) is 3.97. The van der Waals surface area contributed by atoms with Gasteiger partial charge >= 0.3 is 0 Å². The quantitative estimate of drug-likeness (QED) is 0.431. The van der Waals surface area contributed by atoms with Crippen molar-refractivity contribution < 1.29 is 14.3 Å². The molecule has 0 aliphatic heterocycles.